The van der Waals surface area contributed by atoms with E-state index >= 15 is 0 Å². The molecule has 0 saturated carbocycles. The minimum Gasteiger partial charge on any atom is -0.484 e. The number of halogens is 1. The number of carbonyl (C=O) groups is 2. The fraction of sp³-hybridized carbons (Fsp3) is 0.273. The van der Waals surface area contributed by atoms with Crippen LogP contribution < -0.4 is 10.2 Å². The van der Waals surface area contributed by atoms with E-state index in [-0.39, 0.29) is 30.4 Å². The Kier molecular flexibility index (Phi) is 6.18. The van der Waals surface area contributed by atoms with Crippen molar-refractivity contribution < 1.29 is 14.3 Å². The third kappa shape index (κ3) is 4.86. The second kappa shape index (κ2) is 9.18. The molecule has 2 amide bonds. The number of amides is 2. The number of carbonyl (C=O) groups excluding carboxylic acids is 2. The molecule has 2 aromatic carbocycles. The SMILES string of the molecule is O=C(COc1ccc(Cl)cc1)N1CCN(C(=O)Cn2ncc(=O)c3ccccc32)CC1. The van der Waals surface area contributed by atoms with Gasteiger partial charge in [-0.25, -0.2) is 0 Å². The topological polar surface area (TPSA) is 84.7 Å². The summed E-state index contributed by atoms with van der Waals surface area (Å²) in [6.07, 6.45) is 1.23. The molecule has 4 rings (SSSR count). The summed E-state index contributed by atoms with van der Waals surface area (Å²) in [7, 11) is 0. The maximum Gasteiger partial charge on any atom is 0.260 e. The van der Waals surface area contributed by atoms with Crippen molar-refractivity contribution in [3.63, 3.8) is 0 Å². The number of piperazine rings is 1. The molecule has 1 aromatic heterocycles. The van der Waals surface area contributed by atoms with Crippen molar-refractivity contribution >= 4 is 34.3 Å². The van der Waals surface area contributed by atoms with Crippen LogP contribution >= 0.6 is 11.6 Å². The Morgan fingerprint density at radius 3 is 2.29 bits per heavy atom. The fourth-order valence-electron chi connectivity index (χ4n) is 3.49. The van der Waals surface area contributed by atoms with E-state index in [0.717, 1.165) is 0 Å². The molecule has 1 fully saturated rings. The molecule has 9 heteroatoms. The Morgan fingerprint density at radius 1 is 0.935 bits per heavy atom. The number of nitrogens with zero attached hydrogens (tertiary/aromatic N) is 4. The van der Waals surface area contributed by atoms with Gasteiger partial charge in [0.05, 0.1) is 11.7 Å². The summed E-state index contributed by atoms with van der Waals surface area (Å²) in [4.78, 5) is 40.5. The van der Waals surface area contributed by atoms with E-state index in [1.807, 2.05) is 0 Å². The minimum atomic E-state index is -0.174. The highest BCUT2D eigenvalue weighted by molar-refractivity contribution is 6.30. The van der Waals surface area contributed by atoms with E-state index in [0.29, 0.717) is 47.9 Å². The lowest BCUT2D eigenvalue weighted by atomic mass is 10.2. The normalized spacial score (nSPS) is 14.0. The van der Waals surface area contributed by atoms with Gasteiger partial charge < -0.3 is 14.5 Å². The zero-order valence-electron chi connectivity index (χ0n) is 16.7. The van der Waals surface area contributed by atoms with Gasteiger partial charge in [-0.15, -0.1) is 0 Å². The fourth-order valence-corrected chi connectivity index (χ4v) is 3.61. The van der Waals surface area contributed by atoms with Crippen LogP contribution in [-0.2, 0) is 16.1 Å². The van der Waals surface area contributed by atoms with Crippen molar-refractivity contribution in [3.8, 4) is 5.75 Å². The van der Waals surface area contributed by atoms with Crippen molar-refractivity contribution in [1.29, 1.82) is 0 Å². The van der Waals surface area contributed by atoms with E-state index in [2.05, 4.69) is 5.10 Å². The predicted octanol–water partition coefficient (Wildman–Crippen LogP) is 1.80. The first-order chi connectivity index (χ1) is 15.0. The van der Waals surface area contributed by atoms with Gasteiger partial charge in [0.15, 0.2) is 6.61 Å². The van der Waals surface area contributed by atoms with Gasteiger partial charge in [0.1, 0.15) is 12.3 Å². The van der Waals surface area contributed by atoms with Gasteiger partial charge in [-0.2, -0.15) is 5.10 Å². The standard InChI is InChI=1S/C22H21ClN4O4/c23-16-5-7-17(8-6-16)31-15-22(30)26-11-9-25(10-12-26)21(29)14-27-19-4-2-1-3-18(19)20(28)13-24-27/h1-8,13H,9-12,14-15H2. The summed E-state index contributed by atoms with van der Waals surface area (Å²) in [5.41, 5.74) is 0.448. The Balaban J connectivity index is 1.31. The number of para-hydroxylation sites is 1. The summed E-state index contributed by atoms with van der Waals surface area (Å²) in [6.45, 7) is 1.71. The van der Waals surface area contributed by atoms with Crippen LogP contribution in [0.1, 0.15) is 0 Å². The zero-order chi connectivity index (χ0) is 21.8. The number of fused-ring (bicyclic) bond motifs is 1. The second-order valence-corrected chi connectivity index (χ2v) is 7.62. The molecule has 31 heavy (non-hydrogen) atoms. The molecule has 0 spiro atoms. The van der Waals surface area contributed by atoms with E-state index in [1.54, 1.807) is 58.3 Å². The number of aromatic nitrogens is 2. The lowest BCUT2D eigenvalue weighted by Crippen LogP contribution is -2.52. The maximum absolute atomic E-state index is 12.8. The van der Waals surface area contributed by atoms with Gasteiger partial charge in [-0.05, 0) is 36.4 Å². The Hall–Kier alpha value is -3.39. The van der Waals surface area contributed by atoms with Gasteiger partial charge in [0, 0.05) is 36.6 Å². The molecule has 0 aliphatic carbocycles. The van der Waals surface area contributed by atoms with E-state index < -0.39 is 0 Å². The molecule has 0 radical (unpaired) electrons. The van der Waals surface area contributed by atoms with Crippen LogP contribution in [0.15, 0.2) is 59.5 Å². The monoisotopic (exact) mass is 440 g/mol. The summed E-state index contributed by atoms with van der Waals surface area (Å²) in [5.74, 6) is 0.341. The molecule has 8 nitrogen and oxygen atoms in total. The molecule has 2 heterocycles. The van der Waals surface area contributed by atoms with Crippen molar-refractivity contribution in [2.75, 3.05) is 32.8 Å². The minimum absolute atomic E-state index is 0.0361. The highest BCUT2D eigenvalue weighted by Crippen LogP contribution is 2.16. The zero-order valence-corrected chi connectivity index (χ0v) is 17.5. The van der Waals surface area contributed by atoms with Gasteiger partial charge >= 0.3 is 0 Å². The number of hydrogen-bond donors (Lipinski definition) is 0. The van der Waals surface area contributed by atoms with E-state index in [4.69, 9.17) is 16.3 Å². The summed E-state index contributed by atoms with van der Waals surface area (Å²) < 4.78 is 7.05. The molecule has 1 aliphatic rings. The lowest BCUT2D eigenvalue weighted by molar-refractivity contribution is -0.141. The van der Waals surface area contributed by atoms with Crippen LogP contribution in [0, 0.1) is 0 Å². The predicted molar refractivity (Wildman–Crippen MR) is 116 cm³/mol. The molecule has 1 saturated heterocycles. The first-order valence-corrected chi connectivity index (χ1v) is 10.3. The van der Waals surface area contributed by atoms with E-state index in [9.17, 15) is 14.4 Å². The molecule has 160 valence electrons. The van der Waals surface area contributed by atoms with Crippen LogP contribution in [0.4, 0.5) is 0 Å². The molecule has 1 aliphatic heterocycles. The number of ether oxygens (including phenoxy) is 1. The summed E-state index contributed by atoms with van der Waals surface area (Å²) >= 11 is 5.84. The smallest absolute Gasteiger partial charge is 0.260 e. The third-order valence-electron chi connectivity index (χ3n) is 5.21. The third-order valence-corrected chi connectivity index (χ3v) is 5.46. The number of rotatable bonds is 5. The van der Waals surface area contributed by atoms with Gasteiger partial charge in [0.2, 0.25) is 11.3 Å². The average Bonchev–Trinajstić information content (AvgIpc) is 2.80. The maximum atomic E-state index is 12.8. The quantitative estimate of drug-likeness (QED) is 0.604. The highest BCUT2D eigenvalue weighted by atomic mass is 35.5. The van der Waals surface area contributed by atoms with Gasteiger partial charge in [-0.1, -0.05) is 23.7 Å². The molecule has 0 unspecified atom stereocenters. The number of benzene rings is 2. The van der Waals surface area contributed by atoms with Crippen LogP contribution in [-0.4, -0.2) is 64.2 Å². The van der Waals surface area contributed by atoms with Crippen molar-refractivity contribution in [1.82, 2.24) is 19.6 Å². The Labute approximate surface area is 183 Å². The lowest BCUT2D eigenvalue weighted by Gasteiger charge is -2.34. The van der Waals surface area contributed by atoms with E-state index in [1.165, 1.54) is 10.9 Å². The molecular weight excluding hydrogens is 420 g/mol. The second-order valence-electron chi connectivity index (χ2n) is 7.19. The Bertz CT molecular complexity index is 1150. The molecule has 0 bridgehead atoms. The largest absolute Gasteiger partial charge is 0.484 e. The summed E-state index contributed by atoms with van der Waals surface area (Å²) in [5, 5.41) is 5.24. The van der Waals surface area contributed by atoms with Crippen LogP contribution in [0.5, 0.6) is 5.75 Å². The van der Waals surface area contributed by atoms with Crippen LogP contribution in [0.25, 0.3) is 10.9 Å². The first-order valence-electron chi connectivity index (χ1n) is 9.90. The van der Waals surface area contributed by atoms with Gasteiger partial charge in [-0.3, -0.25) is 19.1 Å². The average molecular weight is 441 g/mol. The molecule has 3 aromatic rings. The highest BCUT2D eigenvalue weighted by Gasteiger charge is 2.24. The Morgan fingerprint density at radius 2 is 1.58 bits per heavy atom. The number of hydrogen-bond acceptors (Lipinski definition) is 5. The van der Waals surface area contributed by atoms with Crippen LogP contribution in [0.2, 0.25) is 5.02 Å². The van der Waals surface area contributed by atoms with Crippen molar-refractivity contribution in [2.24, 2.45) is 0 Å². The van der Waals surface area contributed by atoms with Crippen molar-refractivity contribution in [2.45, 2.75) is 6.54 Å². The van der Waals surface area contributed by atoms with Crippen molar-refractivity contribution in [3.05, 3.63) is 70.0 Å². The first kappa shape index (κ1) is 20.9. The van der Waals surface area contributed by atoms with Gasteiger partial charge in [0.25, 0.3) is 5.91 Å². The molecular formula is C22H21ClN4O4. The summed E-state index contributed by atoms with van der Waals surface area (Å²) in [6, 6.07) is 13.9. The molecule has 0 atom stereocenters. The van der Waals surface area contributed by atoms with Crippen LogP contribution in [0.3, 0.4) is 0 Å². The molecule has 0 N–H and O–H groups in total.